The van der Waals surface area contributed by atoms with E-state index < -0.39 is 44.4 Å². The lowest BCUT2D eigenvalue weighted by molar-refractivity contribution is -0.0472. The van der Waals surface area contributed by atoms with Gasteiger partial charge < -0.3 is 25.2 Å². The van der Waals surface area contributed by atoms with E-state index in [9.17, 15) is 19.6 Å². The van der Waals surface area contributed by atoms with Crippen molar-refractivity contribution >= 4 is 24.8 Å². The zero-order valence-electron chi connectivity index (χ0n) is 12.1. The van der Waals surface area contributed by atoms with E-state index in [0.717, 1.165) is 0 Å². The summed E-state index contributed by atoms with van der Waals surface area (Å²) in [4.78, 5) is 21.9. The average molecular weight is 361 g/mol. The van der Waals surface area contributed by atoms with Crippen LogP contribution < -0.4 is 22.3 Å². The van der Waals surface area contributed by atoms with E-state index >= 15 is 0 Å². The Hall–Kier alpha value is -1.86. The average Bonchev–Trinajstić information content (AvgIpc) is 3.00. The monoisotopic (exact) mass is 361 g/mol. The number of nitrogens with two attached hydrogens (primary N) is 3. The molecule has 0 amide bonds. The number of hydrogen-bond donors (Lipinski definition) is 6. The van der Waals surface area contributed by atoms with Crippen molar-refractivity contribution in [1.82, 2.24) is 19.5 Å². The van der Waals surface area contributed by atoms with E-state index in [2.05, 4.69) is 15.0 Å². The van der Waals surface area contributed by atoms with Gasteiger partial charge in [-0.15, -0.1) is 0 Å². The van der Waals surface area contributed by atoms with Crippen LogP contribution in [0.3, 0.4) is 0 Å². The molecule has 1 aliphatic rings. The molecule has 4 atom stereocenters. The molecule has 1 fully saturated rings. The van der Waals surface area contributed by atoms with Gasteiger partial charge in [0.2, 0.25) is 5.95 Å². The fourth-order valence-corrected chi connectivity index (χ4v) is 2.80. The topological polar surface area (TPSA) is 218 Å². The van der Waals surface area contributed by atoms with Crippen LogP contribution in [0.15, 0.2) is 11.1 Å². The van der Waals surface area contributed by atoms with E-state index in [1.807, 2.05) is 0 Å². The number of aromatic nitrogens is 4. The molecule has 14 heteroatoms. The molecule has 0 radical (unpaired) electrons. The summed E-state index contributed by atoms with van der Waals surface area (Å²) in [6.45, 7) is -0.401. The molecule has 1 saturated heterocycles. The molecule has 0 saturated carbocycles. The number of nitrogens with one attached hydrogen (secondary N) is 1. The largest absolute Gasteiger partial charge is 0.387 e. The molecule has 3 rings (SSSR count). The minimum Gasteiger partial charge on any atom is -0.387 e. The molecule has 3 heterocycles. The lowest BCUT2D eigenvalue weighted by atomic mass is 10.1. The summed E-state index contributed by atoms with van der Waals surface area (Å²) in [5.41, 5.74) is 15.1. The van der Waals surface area contributed by atoms with Crippen LogP contribution >= 0.6 is 7.67 Å². The van der Waals surface area contributed by atoms with Gasteiger partial charge in [0, 0.05) is 0 Å². The molecule has 0 aromatic carbocycles. The lowest BCUT2D eigenvalue weighted by Gasteiger charge is -2.16. The molecule has 0 aliphatic carbocycles. The zero-order chi connectivity index (χ0) is 17.6. The molecular weight excluding hydrogens is 345 g/mol. The Balaban J connectivity index is 1.90. The highest BCUT2D eigenvalue weighted by molar-refractivity contribution is 7.53. The highest BCUT2D eigenvalue weighted by atomic mass is 31.2. The standard InChI is InChI=1S/C10H16N7O6P/c11-10-15-7-4(8(20)16-10)14-2-17(7)9-6(19)5(18)3(23-9)1-22-24(12,13)21/h2-3,5-6,9,18-19H,1H2,(H4,12,13,21)(H3,11,15,16,20)/t3-,5-,6-,9-/m1/s1. The van der Waals surface area contributed by atoms with Crippen LogP contribution in [0.2, 0.25) is 0 Å². The smallest absolute Gasteiger partial charge is 0.335 e. The Bertz CT molecular complexity index is 861. The van der Waals surface area contributed by atoms with Gasteiger partial charge in [-0.3, -0.25) is 18.9 Å². The van der Waals surface area contributed by atoms with E-state index in [-0.39, 0.29) is 17.1 Å². The zero-order valence-corrected chi connectivity index (χ0v) is 13.0. The van der Waals surface area contributed by atoms with Crippen LogP contribution in [0.25, 0.3) is 11.2 Å². The first-order chi connectivity index (χ1) is 11.2. The minimum atomic E-state index is -3.76. The SMILES string of the molecule is Nc1nc2c(ncn2[C@@H]2O[C@H](COP(N)(N)=O)[C@@H](O)[C@H]2O)c(=O)[nH]1. The Labute approximate surface area is 133 Å². The number of rotatable bonds is 4. The number of imidazole rings is 1. The van der Waals surface area contributed by atoms with Crippen LogP contribution in [-0.4, -0.2) is 54.7 Å². The van der Waals surface area contributed by atoms with Gasteiger partial charge in [0.1, 0.15) is 18.3 Å². The van der Waals surface area contributed by atoms with Gasteiger partial charge in [0.05, 0.1) is 12.9 Å². The fraction of sp³-hybridized carbons (Fsp3) is 0.500. The molecule has 1 aliphatic heterocycles. The number of fused-ring (bicyclic) bond motifs is 1. The van der Waals surface area contributed by atoms with Crippen LogP contribution in [0.1, 0.15) is 6.23 Å². The van der Waals surface area contributed by atoms with Crippen molar-refractivity contribution in [1.29, 1.82) is 0 Å². The normalized spacial score (nSPS) is 27.8. The molecule has 2 aromatic heterocycles. The maximum atomic E-state index is 11.8. The number of H-pyrrole nitrogens is 1. The van der Waals surface area contributed by atoms with E-state index in [1.165, 1.54) is 10.9 Å². The molecule has 9 N–H and O–H groups in total. The summed E-state index contributed by atoms with van der Waals surface area (Å²) in [5, 5.41) is 20.2. The van der Waals surface area contributed by atoms with E-state index in [0.29, 0.717) is 0 Å². The van der Waals surface area contributed by atoms with Crippen LogP contribution in [0, 0.1) is 0 Å². The molecular formula is C10H16N7O6P. The van der Waals surface area contributed by atoms with Gasteiger partial charge in [0.15, 0.2) is 17.4 Å². The van der Waals surface area contributed by atoms with Gasteiger partial charge in [-0.25, -0.2) is 16.0 Å². The van der Waals surface area contributed by atoms with Crippen molar-refractivity contribution in [2.75, 3.05) is 12.3 Å². The van der Waals surface area contributed by atoms with Gasteiger partial charge in [-0.05, 0) is 0 Å². The maximum Gasteiger partial charge on any atom is 0.335 e. The molecule has 0 unspecified atom stereocenters. The summed E-state index contributed by atoms with van der Waals surface area (Å²) >= 11 is 0. The predicted octanol–water partition coefficient (Wildman–Crippen LogP) is -2.64. The van der Waals surface area contributed by atoms with Crippen molar-refractivity contribution in [3.05, 3.63) is 16.7 Å². The second kappa shape index (κ2) is 5.89. The van der Waals surface area contributed by atoms with Crippen LogP contribution in [0.5, 0.6) is 0 Å². The van der Waals surface area contributed by atoms with E-state index in [4.69, 9.17) is 26.0 Å². The Morgan fingerprint density at radius 3 is 2.79 bits per heavy atom. The number of aliphatic hydroxyl groups excluding tert-OH is 2. The van der Waals surface area contributed by atoms with Crippen molar-refractivity contribution < 1.29 is 24.0 Å². The number of aromatic amines is 1. The molecule has 24 heavy (non-hydrogen) atoms. The maximum absolute atomic E-state index is 11.8. The first-order valence-electron chi connectivity index (χ1n) is 6.73. The second-order valence-electron chi connectivity index (χ2n) is 5.26. The summed E-state index contributed by atoms with van der Waals surface area (Å²) < 4.78 is 22.6. The van der Waals surface area contributed by atoms with Gasteiger partial charge in [-0.2, -0.15) is 4.98 Å². The number of nitrogen functional groups attached to an aromatic ring is 1. The number of nitrogens with zero attached hydrogens (tertiary/aromatic N) is 3. The Kier molecular flexibility index (Phi) is 4.17. The number of hydrogen-bond acceptors (Lipinski definition) is 9. The van der Waals surface area contributed by atoms with Crippen LogP contribution in [-0.2, 0) is 13.8 Å². The molecule has 13 nitrogen and oxygen atoms in total. The van der Waals surface area contributed by atoms with Crippen LogP contribution in [0.4, 0.5) is 5.95 Å². The van der Waals surface area contributed by atoms with E-state index in [1.54, 1.807) is 0 Å². The first-order valence-corrected chi connectivity index (χ1v) is 8.49. The van der Waals surface area contributed by atoms with Crippen molar-refractivity contribution in [3.8, 4) is 0 Å². The Morgan fingerprint density at radius 1 is 1.42 bits per heavy atom. The summed E-state index contributed by atoms with van der Waals surface area (Å²) in [6.07, 6.45) is -3.73. The van der Waals surface area contributed by atoms with Crippen molar-refractivity contribution in [2.45, 2.75) is 24.5 Å². The second-order valence-corrected chi connectivity index (χ2v) is 6.81. The van der Waals surface area contributed by atoms with Gasteiger partial charge in [0.25, 0.3) is 5.56 Å². The van der Waals surface area contributed by atoms with Gasteiger partial charge >= 0.3 is 7.67 Å². The van der Waals surface area contributed by atoms with Gasteiger partial charge in [-0.1, -0.05) is 0 Å². The summed E-state index contributed by atoms with van der Waals surface area (Å²) in [6, 6.07) is 0. The van der Waals surface area contributed by atoms with Crippen molar-refractivity contribution in [3.63, 3.8) is 0 Å². The Morgan fingerprint density at radius 2 is 2.12 bits per heavy atom. The minimum absolute atomic E-state index is 0.0115. The third kappa shape index (κ3) is 3.06. The summed E-state index contributed by atoms with van der Waals surface area (Å²) in [7, 11) is -3.76. The number of aliphatic hydroxyl groups is 2. The molecule has 0 bridgehead atoms. The number of anilines is 1. The quantitative estimate of drug-likeness (QED) is 0.309. The first kappa shape index (κ1) is 17.0. The predicted molar refractivity (Wildman–Crippen MR) is 80.4 cm³/mol. The molecule has 0 spiro atoms. The highest BCUT2D eigenvalue weighted by Gasteiger charge is 2.45. The summed E-state index contributed by atoms with van der Waals surface area (Å²) in [5.74, 6) is -0.144. The molecule has 132 valence electrons. The number of ether oxygens (including phenoxy) is 1. The highest BCUT2D eigenvalue weighted by Crippen LogP contribution is 2.34. The molecule has 2 aromatic rings. The fourth-order valence-electron chi connectivity index (χ4n) is 2.42. The third-order valence-corrected chi connectivity index (χ3v) is 4.06. The lowest BCUT2D eigenvalue weighted by Crippen LogP contribution is -2.34. The van der Waals surface area contributed by atoms with Crippen molar-refractivity contribution in [2.24, 2.45) is 11.0 Å². The third-order valence-electron chi connectivity index (χ3n) is 3.50.